The number of methoxy groups -OCH3 is 1. The van der Waals surface area contributed by atoms with E-state index in [0.717, 1.165) is 0 Å². The summed E-state index contributed by atoms with van der Waals surface area (Å²) < 4.78 is 4.96. The van der Waals surface area contributed by atoms with Gasteiger partial charge in [0.25, 0.3) is 5.91 Å². The molecule has 1 fully saturated rings. The molecule has 1 saturated heterocycles. The molecule has 0 atom stereocenters. The van der Waals surface area contributed by atoms with Crippen LogP contribution in [0.2, 0.25) is 0 Å². The third-order valence-corrected chi connectivity index (χ3v) is 3.87. The van der Waals surface area contributed by atoms with Gasteiger partial charge in [-0.3, -0.25) is 9.59 Å². The van der Waals surface area contributed by atoms with Crippen LogP contribution in [0.3, 0.4) is 0 Å². The molecular formula is C15H20N2O4. The molecule has 6 nitrogen and oxygen atoms in total. The Labute approximate surface area is 123 Å². The first-order valence-electron chi connectivity index (χ1n) is 6.73. The summed E-state index contributed by atoms with van der Waals surface area (Å²) in [7, 11) is 3.17. The maximum Gasteiger partial charge on any atom is 0.254 e. The van der Waals surface area contributed by atoms with Crippen LogP contribution in [0.25, 0.3) is 0 Å². The van der Waals surface area contributed by atoms with Crippen LogP contribution in [0.1, 0.15) is 24.2 Å². The SMILES string of the molecule is COc1ccc(C(=O)N2CCN(C)C(=O)C2(C)C)cc1O. The molecule has 0 unspecified atom stereocenters. The van der Waals surface area contributed by atoms with Crippen LogP contribution in [0.5, 0.6) is 11.5 Å². The molecule has 2 rings (SSSR count). The molecule has 0 radical (unpaired) electrons. The first kappa shape index (κ1) is 15.2. The lowest BCUT2D eigenvalue weighted by Crippen LogP contribution is -2.63. The second-order valence-electron chi connectivity index (χ2n) is 5.63. The van der Waals surface area contributed by atoms with Crippen molar-refractivity contribution in [2.24, 2.45) is 0 Å². The molecule has 1 aromatic carbocycles. The van der Waals surface area contributed by atoms with E-state index in [-0.39, 0.29) is 17.6 Å². The Morgan fingerprint density at radius 3 is 2.57 bits per heavy atom. The smallest absolute Gasteiger partial charge is 0.254 e. The van der Waals surface area contributed by atoms with Crippen molar-refractivity contribution < 1.29 is 19.4 Å². The molecule has 0 bridgehead atoms. The van der Waals surface area contributed by atoms with Gasteiger partial charge in [0.15, 0.2) is 11.5 Å². The third kappa shape index (κ3) is 2.53. The highest BCUT2D eigenvalue weighted by Crippen LogP contribution is 2.29. The van der Waals surface area contributed by atoms with Crippen molar-refractivity contribution in [3.8, 4) is 11.5 Å². The number of nitrogens with zero attached hydrogens (tertiary/aromatic N) is 2. The highest BCUT2D eigenvalue weighted by Gasteiger charge is 2.43. The Bertz CT molecular complexity index is 583. The molecular weight excluding hydrogens is 272 g/mol. The topological polar surface area (TPSA) is 70.1 Å². The van der Waals surface area contributed by atoms with Crippen LogP contribution in [0.15, 0.2) is 18.2 Å². The second kappa shape index (κ2) is 5.27. The minimum absolute atomic E-state index is 0.0957. The summed E-state index contributed by atoms with van der Waals surface area (Å²) in [6, 6.07) is 4.48. The lowest BCUT2D eigenvalue weighted by molar-refractivity contribution is -0.144. The van der Waals surface area contributed by atoms with E-state index in [0.29, 0.717) is 24.4 Å². The quantitative estimate of drug-likeness (QED) is 0.886. The van der Waals surface area contributed by atoms with E-state index < -0.39 is 5.54 Å². The van der Waals surface area contributed by atoms with Crippen LogP contribution in [0, 0.1) is 0 Å². The third-order valence-electron chi connectivity index (χ3n) is 3.87. The number of ether oxygens (including phenoxy) is 1. The van der Waals surface area contributed by atoms with Crippen LogP contribution >= 0.6 is 0 Å². The summed E-state index contributed by atoms with van der Waals surface area (Å²) in [6.45, 7) is 4.41. The van der Waals surface area contributed by atoms with E-state index in [1.54, 1.807) is 31.9 Å². The lowest BCUT2D eigenvalue weighted by Gasteiger charge is -2.44. The van der Waals surface area contributed by atoms with Gasteiger partial charge in [-0.1, -0.05) is 0 Å². The predicted octanol–water partition coefficient (Wildman–Crippen LogP) is 1.09. The number of carbonyl (C=O) groups excluding carboxylic acids is 2. The minimum Gasteiger partial charge on any atom is -0.504 e. The van der Waals surface area contributed by atoms with Crippen LogP contribution in [-0.4, -0.2) is 59.5 Å². The van der Waals surface area contributed by atoms with Crippen molar-refractivity contribution in [2.75, 3.05) is 27.2 Å². The summed E-state index contributed by atoms with van der Waals surface area (Å²) >= 11 is 0. The van der Waals surface area contributed by atoms with Crippen LogP contribution in [-0.2, 0) is 4.79 Å². The first-order chi connectivity index (χ1) is 9.78. The van der Waals surface area contributed by atoms with Crippen LogP contribution < -0.4 is 4.74 Å². The zero-order valence-electron chi connectivity index (χ0n) is 12.7. The zero-order valence-corrected chi connectivity index (χ0v) is 12.7. The molecule has 2 amide bonds. The average molecular weight is 292 g/mol. The molecule has 21 heavy (non-hydrogen) atoms. The fraction of sp³-hybridized carbons (Fsp3) is 0.467. The number of likely N-dealkylation sites (N-methyl/N-ethyl adjacent to an activating group) is 1. The van der Waals surface area contributed by atoms with Crippen molar-refractivity contribution >= 4 is 11.8 Å². The summed E-state index contributed by atoms with van der Waals surface area (Å²) in [5.74, 6) is -0.166. The molecule has 0 saturated carbocycles. The van der Waals surface area contributed by atoms with Crippen LogP contribution in [0.4, 0.5) is 0 Å². The summed E-state index contributed by atoms with van der Waals surface area (Å²) in [6.07, 6.45) is 0. The number of benzene rings is 1. The summed E-state index contributed by atoms with van der Waals surface area (Å²) in [5, 5.41) is 9.79. The van der Waals surface area contributed by atoms with Gasteiger partial charge in [-0.25, -0.2) is 0 Å². The summed E-state index contributed by atoms with van der Waals surface area (Å²) in [5.41, 5.74) is -0.571. The minimum atomic E-state index is -0.903. The molecule has 0 aromatic heterocycles. The summed E-state index contributed by atoms with van der Waals surface area (Å²) in [4.78, 5) is 28.0. The van der Waals surface area contributed by atoms with Crippen molar-refractivity contribution in [2.45, 2.75) is 19.4 Å². The van der Waals surface area contributed by atoms with Gasteiger partial charge in [-0.05, 0) is 32.0 Å². The standard InChI is InChI=1S/C15H20N2O4/c1-15(2)14(20)16(3)7-8-17(15)13(19)10-5-6-12(21-4)11(18)9-10/h5-6,9,18H,7-8H2,1-4H3. The second-order valence-corrected chi connectivity index (χ2v) is 5.63. The Balaban J connectivity index is 2.31. The monoisotopic (exact) mass is 292 g/mol. The molecule has 1 aliphatic rings. The zero-order chi connectivity index (χ0) is 15.8. The largest absolute Gasteiger partial charge is 0.504 e. The van der Waals surface area contributed by atoms with E-state index >= 15 is 0 Å². The number of piperazine rings is 1. The molecule has 1 heterocycles. The maximum atomic E-state index is 12.6. The van der Waals surface area contributed by atoms with Gasteiger partial charge in [-0.15, -0.1) is 0 Å². The van der Waals surface area contributed by atoms with Gasteiger partial charge in [0.2, 0.25) is 5.91 Å². The number of phenols is 1. The van der Waals surface area contributed by atoms with Gasteiger partial charge >= 0.3 is 0 Å². The molecule has 6 heteroatoms. The Morgan fingerprint density at radius 2 is 2.00 bits per heavy atom. The van der Waals surface area contributed by atoms with Crippen molar-refractivity contribution in [3.05, 3.63) is 23.8 Å². The lowest BCUT2D eigenvalue weighted by atomic mass is 9.96. The van der Waals surface area contributed by atoms with Gasteiger partial charge < -0.3 is 19.6 Å². The van der Waals surface area contributed by atoms with E-state index in [1.807, 2.05) is 0 Å². The van der Waals surface area contributed by atoms with E-state index in [2.05, 4.69) is 0 Å². The highest BCUT2D eigenvalue weighted by atomic mass is 16.5. The number of phenolic OH excluding ortho intramolecular Hbond substituents is 1. The Morgan fingerprint density at radius 1 is 1.33 bits per heavy atom. The average Bonchev–Trinajstić information content (AvgIpc) is 2.44. The van der Waals surface area contributed by atoms with E-state index in [9.17, 15) is 14.7 Å². The molecule has 114 valence electrons. The number of aromatic hydroxyl groups is 1. The first-order valence-corrected chi connectivity index (χ1v) is 6.73. The predicted molar refractivity (Wildman–Crippen MR) is 77.4 cm³/mol. The Kier molecular flexibility index (Phi) is 3.80. The normalized spacial score (nSPS) is 17.8. The fourth-order valence-corrected chi connectivity index (χ4v) is 2.55. The molecule has 1 aliphatic heterocycles. The van der Waals surface area contributed by atoms with Gasteiger partial charge in [-0.2, -0.15) is 0 Å². The number of hydrogen-bond donors (Lipinski definition) is 1. The van der Waals surface area contributed by atoms with Gasteiger partial charge in [0.05, 0.1) is 7.11 Å². The highest BCUT2D eigenvalue weighted by molar-refractivity contribution is 6.00. The maximum absolute atomic E-state index is 12.6. The van der Waals surface area contributed by atoms with E-state index in [4.69, 9.17) is 4.74 Å². The number of hydrogen-bond acceptors (Lipinski definition) is 4. The number of rotatable bonds is 2. The fourth-order valence-electron chi connectivity index (χ4n) is 2.55. The van der Waals surface area contributed by atoms with Gasteiger partial charge in [0.1, 0.15) is 5.54 Å². The molecule has 1 aromatic rings. The Hall–Kier alpha value is -2.24. The molecule has 1 N–H and O–H groups in total. The van der Waals surface area contributed by atoms with Crippen molar-refractivity contribution in [1.29, 1.82) is 0 Å². The van der Waals surface area contributed by atoms with Crippen molar-refractivity contribution in [3.63, 3.8) is 0 Å². The van der Waals surface area contributed by atoms with Crippen molar-refractivity contribution in [1.82, 2.24) is 9.80 Å². The van der Waals surface area contributed by atoms with Gasteiger partial charge in [0, 0.05) is 25.7 Å². The van der Waals surface area contributed by atoms with E-state index in [1.165, 1.54) is 24.1 Å². The molecule has 0 spiro atoms. The number of carbonyl (C=O) groups is 2. The molecule has 0 aliphatic carbocycles. The number of amides is 2.